The van der Waals surface area contributed by atoms with E-state index in [2.05, 4.69) is 20.9 Å². The maximum Gasteiger partial charge on any atom is 0.227 e. The highest BCUT2D eigenvalue weighted by atomic mass is 79.9. The minimum absolute atomic E-state index is 0.496. The first-order chi connectivity index (χ1) is 5.34. The van der Waals surface area contributed by atoms with Crippen LogP contribution >= 0.6 is 15.9 Å². The lowest BCUT2D eigenvalue weighted by molar-refractivity contribution is 0.313. The van der Waals surface area contributed by atoms with Crippen molar-refractivity contribution in [2.24, 2.45) is 5.73 Å². The number of hydrogen-bond acceptors (Lipinski definition) is 3. The van der Waals surface area contributed by atoms with E-state index in [4.69, 9.17) is 10.5 Å². The molecule has 3 nitrogen and oxygen atoms in total. The number of pyridine rings is 1. The van der Waals surface area contributed by atoms with Gasteiger partial charge in [0.05, 0.1) is 4.47 Å². The minimum Gasteiger partial charge on any atom is -0.476 e. The predicted molar refractivity (Wildman–Crippen MR) is 46.5 cm³/mol. The van der Waals surface area contributed by atoms with Crippen molar-refractivity contribution in [3.05, 3.63) is 22.8 Å². The number of rotatable bonds is 3. The molecule has 0 aliphatic rings. The second-order valence-electron chi connectivity index (χ2n) is 1.93. The molecule has 1 aromatic heterocycles. The van der Waals surface area contributed by atoms with Gasteiger partial charge in [0, 0.05) is 12.7 Å². The third-order valence-electron chi connectivity index (χ3n) is 1.08. The van der Waals surface area contributed by atoms with E-state index in [1.807, 2.05) is 12.1 Å². The molecule has 0 aromatic carbocycles. The Bertz CT molecular complexity index is 229. The third-order valence-corrected chi connectivity index (χ3v) is 1.68. The molecule has 4 heteroatoms. The van der Waals surface area contributed by atoms with Crippen molar-refractivity contribution in [3.63, 3.8) is 0 Å². The fourth-order valence-corrected chi connectivity index (χ4v) is 1.00. The number of hydrogen-bond donors (Lipinski definition) is 1. The molecular weight excluding hydrogens is 208 g/mol. The summed E-state index contributed by atoms with van der Waals surface area (Å²) in [7, 11) is 0. The second-order valence-corrected chi connectivity index (χ2v) is 2.78. The standard InChI is InChI=1S/C7H9BrN2O/c8-6-2-1-4-10-7(6)11-5-3-9/h1-2,4H,3,5,9H2. The smallest absolute Gasteiger partial charge is 0.227 e. The summed E-state index contributed by atoms with van der Waals surface area (Å²) in [5.41, 5.74) is 5.26. The van der Waals surface area contributed by atoms with Crippen LogP contribution in [0.25, 0.3) is 0 Å². The van der Waals surface area contributed by atoms with Crippen molar-refractivity contribution >= 4 is 15.9 Å². The van der Waals surface area contributed by atoms with Crippen LogP contribution < -0.4 is 10.5 Å². The van der Waals surface area contributed by atoms with Crippen LogP contribution in [0.4, 0.5) is 0 Å². The first kappa shape index (κ1) is 8.49. The summed E-state index contributed by atoms with van der Waals surface area (Å²) in [6.45, 7) is 0.999. The zero-order valence-electron chi connectivity index (χ0n) is 5.96. The average molecular weight is 217 g/mol. The molecule has 2 N–H and O–H groups in total. The van der Waals surface area contributed by atoms with E-state index >= 15 is 0 Å². The molecule has 0 spiro atoms. The number of aromatic nitrogens is 1. The van der Waals surface area contributed by atoms with E-state index in [0.717, 1.165) is 4.47 Å². The highest BCUT2D eigenvalue weighted by Gasteiger charge is 1.98. The zero-order valence-corrected chi connectivity index (χ0v) is 7.54. The van der Waals surface area contributed by atoms with Crippen molar-refractivity contribution < 1.29 is 4.74 Å². The molecule has 0 unspecified atom stereocenters. The van der Waals surface area contributed by atoms with Gasteiger partial charge in [-0.05, 0) is 28.1 Å². The second kappa shape index (κ2) is 4.31. The van der Waals surface area contributed by atoms with Gasteiger partial charge in [0.25, 0.3) is 0 Å². The van der Waals surface area contributed by atoms with Gasteiger partial charge in [-0.25, -0.2) is 4.98 Å². The molecule has 0 bridgehead atoms. The van der Waals surface area contributed by atoms with Gasteiger partial charge in [-0.15, -0.1) is 0 Å². The van der Waals surface area contributed by atoms with Crippen LogP contribution in [0.15, 0.2) is 22.8 Å². The van der Waals surface area contributed by atoms with Gasteiger partial charge < -0.3 is 10.5 Å². The third kappa shape index (κ3) is 2.48. The lowest BCUT2D eigenvalue weighted by atomic mass is 10.5. The van der Waals surface area contributed by atoms with Gasteiger partial charge in [-0.3, -0.25) is 0 Å². The van der Waals surface area contributed by atoms with Gasteiger partial charge in [-0.1, -0.05) is 0 Å². The molecule has 0 atom stereocenters. The molecule has 0 fully saturated rings. The van der Waals surface area contributed by atoms with Crippen molar-refractivity contribution in [2.75, 3.05) is 13.2 Å². The summed E-state index contributed by atoms with van der Waals surface area (Å²) < 4.78 is 6.06. The summed E-state index contributed by atoms with van der Waals surface area (Å²) in [6.07, 6.45) is 1.68. The molecule has 0 amide bonds. The molecule has 0 saturated carbocycles. The minimum atomic E-state index is 0.496. The largest absolute Gasteiger partial charge is 0.476 e. The Morgan fingerprint density at radius 1 is 1.64 bits per heavy atom. The van der Waals surface area contributed by atoms with E-state index in [0.29, 0.717) is 19.0 Å². The van der Waals surface area contributed by atoms with Crippen LogP contribution in [0.3, 0.4) is 0 Å². The Hall–Kier alpha value is -0.610. The Balaban J connectivity index is 2.62. The van der Waals surface area contributed by atoms with E-state index in [1.165, 1.54) is 0 Å². The predicted octanol–water partition coefficient (Wildman–Crippen LogP) is 1.18. The normalized spacial score (nSPS) is 9.64. The average Bonchev–Trinajstić information content (AvgIpc) is 2.03. The maximum atomic E-state index is 5.26. The lowest BCUT2D eigenvalue weighted by Crippen LogP contribution is -2.11. The first-order valence-electron chi connectivity index (χ1n) is 3.28. The molecule has 0 radical (unpaired) electrons. The number of ether oxygens (including phenoxy) is 1. The summed E-state index contributed by atoms with van der Waals surface area (Å²) in [4.78, 5) is 3.99. The summed E-state index contributed by atoms with van der Waals surface area (Å²) in [5.74, 6) is 0.595. The Labute approximate surface area is 73.7 Å². The van der Waals surface area contributed by atoms with Crippen LogP contribution in [0.1, 0.15) is 0 Å². The van der Waals surface area contributed by atoms with Gasteiger partial charge >= 0.3 is 0 Å². The molecule has 1 heterocycles. The number of nitrogens with two attached hydrogens (primary N) is 1. The number of nitrogens with zero attached hydrogens (tertiary/aromatic N) is 1. The van der Waals surface area contributed by atoms with E-state index in [-0.39, 0.29) is 0 Å². The maximum absolute atomic E-state index is 5.26. The highest BCUT2D eigenvalue weighted by Crippen LogP contribution is 2.20. The topological polar surface area (TPSA) is 48.1 Å². The Morgan fingerprint density at radius 3 is 3.09 bits per heavy atom. The van der Waals surface area contributed by atoms with Crippen molar-refractivity contribution in [2.45, 2.75) is 0 Å². The van der Waals surface area contributed by atoms with E-state index in [9.17, 15) is 0 Å². The summed E-state index contributed by atoms with van der Waals surface area (Å²) >= 11 is 3.30. The summed E-state index contributed by atoms with van der Waals surface area (Å²) in [6, 6.07) is 3.71. The molecule has 0 aliphatic heterocycles. The quantitative estimate of drug-likeness (QED) is 0.826. The van der Waals surface area contributed by atoms with Crippen molar-refractivity contribution in [1.82, 2.24) is 4.98 Å². The van der Waals surface area contributed by atoms with E-state index in [1.54, 1.807) is 6.20 Å². The zero-order chi connectivity index (χ0) is 8.10. The Morgan fingerprint density at radius 2 is 2.45 bits per heavy atom. The van der Waals surface area contributed by atoms with Gasteiger partial charge in [0.2, 0.25) is 5.88 Å². The van der Waals surface area contributed by atoms with Gasteiger partial charge in [-0.2, -0.15) is 0 Å². The monoisotopic (exact) mass is 216 g/mol. The molecule has 0 saturated heterocycles. The van der Waals surface area contributed by atoms with Crippen LogP contribution in [0.2, 0.25) is 0 Å². The lowest BCUT2D eigenvalue weighted by Gasteiger charge is -2.03. The van der Waals surface area contributed by atoms with Crippen LogP contribution in [0.5, 0.6) is 5.88 Å². The SMILES string of the molecule is NCCOc1ncccc1Br. The fourth-order valence-electron chi connectivity index (χ4n) is 0.633. The first-order valence-corrected chi connectivity index (χ1v) is 4.07. The molecule has 1 rings (SSSR count). The van der Waals surface area contributed by atoms with Crippen LogP contribution in [0, 0.1) is 0 Å². The molecule has 11 heavy (non-hydrogen) atoms. The van der Waals surface area contributed by atoms with Crippen molar-refractivity contribution in [1.29, 1.82) is 0 Å². The molecular formula is C7H9BrN2O. The molecule has 60 valence electrons. The molecule has 0 aliphatic carbocycles. The summed E-state index contributed by atoms with van der Waals surface area (Å²) in [5, 5.41) is 0. The van der Waals surface area contributed by atoms with Crippen LogP contribution in [-0.2, 0) is 0 Å². The Kier molecular flexibility index (Phi) is 3.32. The van der Waals surface area contributed by atoms with Gasteiger partial charge in [0.1, 0.15) is 6.61 Å². The molecule has 1 aromatic rings. The highest BCUT2D eigenvalue weighted by molar-refractivity contribution is 9.10. The van der Waals surface area contributed by atoms with E-state index < -0.39 is 0 Å². The van der Waals surface area contributed by atoms with Crippen LogP contribution in [-0.4, -0.2) is 18.1 Å². The number of halogens is 1. The van der Waals surface area contributed by atoms with Gasteiger partial charge in [0.15, 0.2) is 0 Å². The van der Waals surface area contributed by atoms with Crippen molar-refractivity contribution in [3.8, 4) is 5.88 Å². The fraction of sp³-hybridized carbons (Fsp3) is 0.286.